The van der Waals surface area contributed by atoms with Crippen LogP contribution in [0, 0.1) is 5.92 Å². The highest BCUT2D eigenvalue weighted by Gasteiger charge is 2.21. The van der Waals surface area contributed by atoms with E-state index < -0.39 is 0 Å². The molecular formula is C20H24ClN3O. The van der Waals surface area contributed by atoms with Gasteiger partial charge in [0.1, 0.15) is 5.75 Å². The summed E-state index contributed by atoms with van der Waals surface area (Å²) in [5.41, 5.74) is 3.67. The highest BCUT2D eigenvalue weighted by molar-refractivity contribution is 5.94. The lowest BCUT2D eigenvalue weighted by atomic mass is 10.0. The Kier molecular flexibility index (Phi) is 5.82. The van der Waals surface area contributed by atoms with Crippen molar-refractivity contribution in [3.63, 3.8) is 0 Å². The van der Waals surface area contributed by atoms with Gasteiger partial charge in [0.05, 0.1) is 13.2 Å². The minimum absolute atomic E-state index is 0. The van der Waals surface area contributed by atoms with E-state index in [1.165, 1.54) is 24.0 Å². The second kappa shape index (κ2) is 8.26. The molecular weight excluding hydrogens is 334 g/mol. The van der Waals surface area contributed by atoms with Gasteiger partial charge in [-0.3, -0.25) is 4.99 Å². The average Bonchev–Trinajstić information content (AvgIpc) is 3.31. The Morgan fingerprint density at radius 3 is 2.28 bits per heavy atom. The first-order chi connectivity index (χ1) is 11.8. The van der Waals surface area contributed by atoms with Gasteiger partial charge >= 0.3 is 0 Å². The van der Waals surface area contributed by atoms with Crippen LogP contribution in [0.4, 0.5) is 5.69 Å². The van der Waals surface area contributed by atoms with Crippen LogP contribution in [0.15, 0.2) is 53.5 Å². The standard InChI is InChI=1S/C20H23N3O.ClH/c1-2-17(1)14-24-19-9-5-16(6-10-19)13-15-3-7-18(8-4-15)23-20-21-11-12-22-20;/h3-10,17H,1-2,11-14H2,(H2,21,22,23);1H. The van der Waals surface area contributed by atoms with Gasteiger partial charge in [-0.25, -0.2) is 0 Å². The van der Waals surface area contributed by atoms with E-state index in [1.54, 1.807) is 0 Å². The number of anilines is 1. The second-order valence-electron chi connectivity index (χ2n) is 6.55. The van der Waals surface area contributed by atoms with Crippen LogP contribution < -0.4 is 15.4 Å². The van der Waals surface area contributed by atoms with Gasteiger partial charge in [-0.05, 0) is 60.6 Å². The lowest BCUT2D eigenvalue weighted by Gasteiger charge is -2.09. The van der Waals surface area contributed by atoms with E-state index in [-0.39, 0.29) is 12.4 Å². The van der Waals surface area contributed by atoms with E-state index >= 15 is 0 Å². The molecule has 25 heavy (non-hydrogen) atoms. The molecule has 132 valence electrons. The summed E-state index contributed by atoms with van der Waals surface area (Å²) in [4.78, 5) is 4.34. The Morgan fingerprint density at radius 2 is 1.68 bits per heavy atom. The molecule has 4 rings (SSSR count). The van der Waals surface area contributed by atoms with Crippen molar-refractivity contribution in [1.82, 2.24) is 5.32 Å². The Bertz CT molecular complexity index is 709. The molecule has 0 amide bonds. The van der Waals surface area contributed by atoms with Gasteiger partial charge in [0, 0.05) is 12.2 Å². The third kappa shape index (κ3) is 5.13. The van der Waals surface area contributed by atoms with Crippen LogP contribution >= 0.6 is 12.4 Å². The Balaban J connectivity index is 0.00000182. The van der Waals surface area contributed by atoms with Crippen LogP contribution in [-0.4, -0.2) is 25.7 Å². The predicted molar refractivity (Wildman–Crippen MR) is 105 cm³/mol. The first-order valence-electron chi connectivity index (χ1n) is 8.71. The summed E-state index contributed by atoms with van der Waals surface area (Å²) in [6, 6.07) is 17.0. The number of halogens is 1. The van der Waals surface area contributed by atoms with Crippen molar-refractivity contribution in [3.05, 3.63) is 59.7 Å². The van der Waals surface area contributed by atoms with Crippen LogP contribution in [0.25, 0.3) is 0 Å². The fourth-order valence-corrected chi connectivity index (χ4v) is 2.76. The average molecular weight is 358 g/mol. The minimum atomic E-state index is 0. The largest absolute Gasteiger partial charge is 0.493 e. The summed E-state index contributed by atoms with van der Waals surface area (Å²) in [5.74, 6) is 2.64. The van der Waals surface area contributed by atoms with Crippen molar-refractivity contribution in [2.45, 2.75) is 19.3 Å². The molecule has 0 bridgehead atoms. The van der Waals surface area contributed by atoms with E-state index in [0.29, 0.717) is 0 Å². The molecule has 1 heterocycles. The number of hydrogen-bond donors (Lipinski definition) is 2. The second-order valence-corrected chi connectivity index (χ2v) is 6.55. The summed E-state index contributed by atoms with van der Waals surface area (Å²) in [6.07, 6.45) is 3.58. The molecule has 0 spiro atoms. The first-order valence-corrected chi connectivity index (χ1v) is 8.71. The maximum absolute atomic E-state index is 5.79. The van der Waals surface area contributed by atoms with Gasteiger partial charge < -0.3 is 15.4 Å². The molecule has 0 aromatic heterocycles. The van der Waals surface area contributed by atoms with Gasteiger partial charge in [0.25, 0.3) is 0 Å². The number of rotatable bonds is 6. The van der Waals surface area contributed by atoms with Gasteiger partial charge in [-0.2, -0.15) is 0 Å². The Labute approximate surface area is 155 Å². The molecule has 2 aromatic rings. The smallest absolute Gasteiger partial charge is 0.195 e. The highest BCUT2D eigenvalue weighted by atomic mass is 35.5. The van der Waals surface area contributed by atoms with Crippen molar-refractivity contribution in [3.8, 4) is 5.75 Å². The van der Waals surface area contributed by atoms with E-state index in [0.717, 1.165) is 49.4 Å². The number of aliphatic imine (C=N–C) groups is 1. The molecule has 1 saturated carbocycles. The molecule has 2 aromatic carbocycles. The lowest BCUT2D eigenvalue weighted by Crippen LogP contribution is -2.26. The predicted octanol–water partition coefficient (Wildman–Crippen LogP) is 3.86. The van der Waals surface area contributed by atoms with Crippen LogP contribution in [0.3, 0.4) is 0 Å². The summed E-state index contributed by atoms with van der Waals surface area (Å²) in [5, 5.41) is 6.50. The first kappa shape index (κ1) is 17.6. The SMILES string of the molecule is Cl.c1cc(NC2=NCCN2)ccc1Cc1ccc(OCC2CC2)cc1. The molecule has 0 atom stereocenters. The molecule has 2 aliphatic rings. The molecule has 4 nitrogen and oxygen atoms in total. The van der Waals surface area contributed by atoms with Crippen molar-refractivity contribution in [2.75, 3.05) is 25.0 Å². The fraction of sp³-hybridized carbons (Fsp3) is 0.350. The fourth-order valence-electron chi connectivity index (χ4n) is 2.76. The van der Waals surface area contributed by atoms with Crippen molar-refractivity contribution in [2.24, 2.45) is 10.9 Å². The number of nitrogens with zero attached hydrogens (tertiary/aromatic N) is 1. The van der Waals surface area contributed by atoms with Gasteiger partial charge in [0.15, 0.2) is 5.96 Å². The van der Waals surface area contributed by atoms with Gasteiger partial charge in [0.2, 0.25) is 0 Å². The zero-order valence-corrected chi connectivity index (χ0v) is 15.0. The zero-order valence-electron chi connectivity index (χ0n) is 14.2. The topological polar surface area (TPSA) is 45.7 Å². The Morgan fingerprint density at radius 1 is 1.00 bits per heavy atom. The van der Waals surface area contributed by atoms with Crippen molar-refractivity contribution >= 4 is 24.1 Å². The molecule has 1 aliphatic carbocycles. The van der Waals surface area contributed by atoms with Gasteiger partial charge in [-0.15, -0.1) is 12.4 Å². The quantitative estimate of drug-likeness (QED) is 0.825. The van der Waals surface area contributed by atoms with Crippen LogP contribution in [-0.2, 0) is 6.42 Å². The van der Waals surface area contributed by atoms with Crippen molar-refractivity contribution < 1.29 is 4.74 Å². The van der Waals surface area contributed by atoms with Crippen molar-refractivity contribution in [1.29, 1.82) is 0 Å². The summed E-state index contributed by atoms with van der Waals surface area (Å²) >= 11 is 0. The van der Waals surface area contributed by atoms with E-state index in [4.69, 9.17) is 4.74 Å². The number of guanidine groups is 1. The number of ether oxygens (including phenoxy) is 1. The molecule has 1 fully saturated rings. The lowest BCUT2D eigenvalue weighted by molar-refractivity contribution is 0.299. The molecule has 5 heteroatoms. The van der Waals surface area contributed by atoms with E-state index in [1.807, 2.05) is 0 Å². The van der Waals surface area contributed by atoms with E-state index in [2.05, 4.69) is 64.2 Å². The summed E-state index contributed by atoms with van der Waals surface area (Å²) in [6.45, 7) is 2.63. The maximum atomic E-state index is 5.79. The van der Waals surface area contributed by atoms with Crippen LogP contribution in [0.5, 0.6) is 5.75 Å². The summed E-state index contributed by atoms with van der Waals surface area (Å²) in [7, 11) is 0. The summed E-state index contributed by atoms with van der Waals surface area (Å²) < 4.78 is 5.79. The zero-order chi connectivity index (χ0) is 16.2. The molecule has 1 aliphatic heterocycles. The third-order valence-corrected chi connectivity index (χ3v) is 4.41. The monoisotopic (exact) mass is 357 g/mol. The molecule has 0 unspecified atom stereocenters. The third-order valence-electron chi connectivity index (χ3n) is 4.41. The number of nitrogens with one attached hydrogen (secondary N) is 2. The Hall–Kier alpha value is -2.20. The van der Waals surface area contributed by atoms with Crippen LogP contribution in [0.2, 0.25) is 0 Å². The highest BCUT2D eigenvalue weighted by Crippen LogP contribution is 2.29. The van der Waals surface area contributed by atoms with Crippen LogP contribution in [0.1, 0.15) is 24.0 Å². The molecule has 0 saturated heterocycles. The van der Waals surface area contributed by atoms with E-state index in [9.17, 15) is 0 Å². The maximum Gasteiger partial charge on any atom is 0.195 e. The number of hydrogen-bond acceptors (Lipinski definition) is 4. The molecule has 2 N–H and O–H groups in total. The normalized spacial score (nSPS) is 15.8. The minimum Gasteiger partial charge on any atom is -0.493 e. The molecule has 0 radical (unpaired) electrons. The van der Waals surface area contributed by atoms with Gasteiger partial charge in [-0.1, -0.05) is 24.3 Å². The number of benzene rings is 2.